The molecule has 0 aliphatic rings. The van der Waals surface area contributed by atoms with E-state index in [1.165, 1.54) is 6.07 Å². The lowest BCUT2D eigenvalue weighted by Crippen LogP contribution is -2.08. The number of carbonyl (C=O) groups is 2. The maximum Gasteiger partial charge on any atom is 0.356 e. The maximum atomic E-state index is 11.1. The van der Waals surface area contributed by atoms with Gasteiger partial charge in [0.2, 0.25) is 0 Å². The number of carbonyl (C=O) groups excluding carboxylic acids is 1. The molecule has 1 aromatic rings. The van der Waals surface area contributed by atoms with E-state index < -0.39 is 11.9 Å². The molecule has 0 spiro atoms. The highest BCUT2D eigenvalue weighted by Crippen LogP contribution is 2.02. The molecule has 0 bridgehead atoms. The first-order valence-corrected chi connectivity index (χ1v) is 3.93. The Morgan fingerprint density at radius 2 is 2.36 bits per heavy atom. The molecular formula is C9H8NO4. The highest BCUT2D eigenvalue weighted by molar-refractivity contribution is 5.92. The molecule has 1 aromatic heterocycles. The van der Waals surface area contributed by atoms with Gasteiger partial charge in [-0.05, 0) is 19.1 Å². The molecule has 1 rings (SSSR count). The summed E-state index contributed by atoms with van der Waals surface area (Å²) >= 11 is 0. The predicted octanol–water partition coefficient (Wildman–Crippen LogP) is 0.757. The van der Waals surface area contributed by atoms with E-state index in [0.717, 1.165) is 6.07 Å². The number of hydrogen-bond acceptors (Lipinski definition) is 4. The molecule has 73 valence electrons. The van der Waals surface area contributed by atoms with Gasteiger partial charge in [-0.25, -0.2) is 14.6 Å². The number of rotatable bonds is 3. The van der Waals surface area contributed by atoms with Crippen LogP contribution < -0.4 is 0 Å². The van der Waals surface area contributed by atoms with Crippen molar-refractivity contribution >= 4 is 11.9 Å². The van der Waals surface area contributed by atoms with Gasteiger partial charge in [0.1, 0.15) is 5.69 Å². The Labute approximate surface area is 80.3 Å². The van der Waals surface area contributed by atoms with Gasteiger partial charge in [0.25, 0.3) is 0 Å². The van der Waals surface area contributed by atoms with Gasteiger partial charge in [-0.2, -0.15) is 0 Å². The van der Waals surface area contributed by atoms with E-state index in [9.17, 15) is 9.59 Å². The number of aromatic carboxylic acids is 1. The Morgan fingerprint density at radius 1 is 1.64 bits per heavy atom. The Hall–Kier alpha value is -1.91. The van der Waals surface area contributed by atoms with Crippen LogP contribution in [0.3, 0.4) is 0 Å². The van der Waals surface area contributed by atoms with Crippen molar-refractivity contribution in [1.29, 1.82) is 0 Å². The number of carboxylic acid groups (broad SMARTS) is 1. The van der Waals surface area contributed by atoms with Crippen LogP contribution in [0.4, 0.5) is 0 Å². The van der Waals surface area contributed by atoms with Gasteiger partial charge in [-0.15, -0.1) is 0 Å². The molecule has 5 nitrogen and oxygen atoms in total. The zero-order chi connectivity index (χ0) is 10.6. The second kappa shape index (κ2) is 4.36. The van der Waals surface area contributed by atoms with E-state index in [1.807, 2.05) is 0 Å². The normalized spacial score (nSPS) is 9.50. The van der Waals surface area contributed by atoms with Gasteiger partial charge < -0.3 is 9.84 Å². The molecule has 1 heterocycles. The summed E-state index contributed by atoms with van der Waals surface area (Å²) in [4.78, 5) is 25.2. The van der Waals surface area contributed by atoms with Crippen LogP contribution in [-0.4, -0.2) is 28.6 Å². The Kier molecular flexibility index (Phi) is 3.17. The zero-order valence-electron chi connectivity index (χ0n) is 7.48. The summed E-state index contributed by atoms with van der Waals surface area (Å²) in [7, 11) is 0. The monoisotopic (exact) mass is 194 g/mol. The van der Waals surface area contributed by atoms with Gasteiger partial charge in [-0.3, -0.25) is 0 Å². The molecular weight excluding hydrogens is 186 g/mol. The second-order valence-corrected chi connectivity index (χ2v) is 2.40. The van der Waals surface area contributed by atoms with E-state index in [0.29, 0.717) is 0 Å². The average molecular weight is 194 g/mol. The molecule has 1 radical (unpaired) electrons. The summed E-state index contributed by atoms with van der Waals surface area (Å²) in [6.07, 6.45) is 2.32. The first-order chi connectivity index (χ1) is 6.65. The van der Waals surface area contributed by atoms with Gasteiger partial charge in [0.05, 0.1) is 18.4 Å². The van der Waals surface area contributed by atoms with E-state index >= 15 is 0 Å². The number of nitrogens with zero attached hydrogens (tertiary/aromatic N) is 1. The summed E-state index contributed by atoms with van der Waals surface area (Å²) in [5.74, 6) is -1.78. The van der Waals surface area contributed by atoms with Crippen molar-refractivity contribution < 1.29 is 19.4 Å². The number of pyridine rings is 1. The highest BCUT2D eigenvalue weighted by atomic mass is 16.5. The smallest absolute Gasteiger partial charge is 0.356 e. The van der Waals surface area contributed by atoms with Crippen LogP contribution >= 0.6 is 0 Å². The highest BCUT2D eigenvalue weighted by Gasteiger charge is 2.11. The molecule has 5 heteroatoms. The van der Waals surface area contributed by atoms with Crippen LogP contribution in [0.15, 0.2) is 12.1 Å². The predicted molar refractivity (Wildman–Crippen MR) is 46.0 cm³/mol. The minimum atomic E-state index is -1.13. The number of esters is 1. The maximum absolute atomic E-state index is 11.1. The van der Waals surface area contributed by atoms with Crippen molar-refractivity contribution in [3.05, 3.63) is 29.6 Å². The topological polar surface area (TPSA) is 76.5 Å². The van der Waals surface area contributed by atoms with Crippen molar-refractivity contribution in [1.82, 2.24) is 4.98 Å². The van der Waals surface area contributed by atoms with Crippen LogP contribution in [0.5, 0.6) is 0 Å². The van der Waals surface area contributed by atoms with Gasteiger partial charge in [0, 0.05) is 0 Å². The largest absolute Gasteiger partial charge is 0.478 e. The SMILES string of the molecule is CCOC(=O)c1cc(C(=O)O)c[c]n1. The minimum Gasteiger partial charge on any atom is -0.478 e. The molecule has 0 saturated carbocycles. The van der Waals surface area contributed by atoms with Gasteiger partial charge >= 0.3 is 11.9 Å². The average Bonchev–Trinajstić information content (AvgIpc) is 2.18. The molecule has 0 saturated heterocycles. The molecule has 0 amide bonds. The first-order valence-electron chi connectivity index (χ1n) is 3.93. The first kappa shape index (κ1) is 10.2. The lowest BCUT2D eigenvalue weighted by Gasteiger charge is -2.00. The van der Waals surface area contributed by atoms with Crippen molar-refractivity contribution in [3.8, 4) is 0 Å². The molecule has 0 aromatic carbocycles. The third kappa shape index (κ3) is 2.29. The van der Waals surface area contributed by atoms with Crippen LogP contribution in [-0.2, 0) is 4.74 Å². The van der Waals surface area contributed by atoms with Gasteiger partial charge in [-0.1, -0.05) is 0 Å². The van der Waals surface area contributed by atoms with E-state index in [2.05, 4.69) is 15.9 Å². The Morgan fingerprint density at radius 3 is 2.93 bits per heavy atom. The van der Waals surface area contributed by atoms with Gasteiger partial charge in [0.15, 0.2) is 0 Å². The number of carboxylic acids is 1. The fourth-order valence-electron chi connectivity index (χ4n) is 0.826. The van der Waals surface area contributed by atoms with Crippen LogP contribution in [0.1, 0.15) is 27.8 Å². The molecule has 0 aliphatic heterocycles. The van der Waals surface area contributed by atoms with Crippen molar-refractivity contribution in [2.45, 2.75) is 6.92 Å². The molecule has 1 N–H and O–H groups in total. The fraction of sp³-hybridized carbons (Fsp3) is 0.222. The third-order valence-electron chi connectivity index (χ3n) is 1.43. The van der Waals surface area contributed by atoms with Crippen LogP contribution in [0.2, 0.25) is 0 Å². The summed E-state index contributed by atoms with van der Waals surface area (Å²) in [5, 5.41) is 8.62. The summed E-state index contributed by atoms with van der Waals surface area (Å²) < 4.78 is 4.65. The van der Waals surface area contributed by atoms with Crippen molar-refractivity contribution in [2.24, 2.45) is 0 Å². The number of hydrogen-bond donors (Lipinski definition) is 1. The molecule has 0 unspecified atom stereocenters. The lowest BCUT2D eigenvalue weighted by atomic mass is 10.2. The van der Waals surface area contributed by atoms with Crippen molar-refractivity contribution in [3.63, 3.8) is 0 Å². The number of ether oxygens (including phenoxy) is 1. The standard InChI is InChI=1S/C9H8NO4/c1-2-14-9(13)7-5-6(8(11)12)3-4-10-7/h3,5H,2H2,1H3,(H,11,12). The molecule has 0 aliphatic carbocycles. The van der Waals surface area contributed by atoms with E-state index in [-0.39, 0.29) is 17.9 Å². The molecule has 0 fully saturated rings. The van der Waals surface area contributed by atoms with E-state index in [1.54, 1.807) is 6.92 Å². The zero-order valence-corrected chi connectivity index (χ0v) is 7.48. The Balaban J connectivity index is 2.93. The molecule has 14 heavy (non-hydrogen) atoms. The fourth-order valence-corrected chi connectivity index (χ4v) is 0.826. The Bertz CT molecular complexity index is 362. The minimum absolute atomic E-state index is 0.0388. The summed E-state index contributed by atoms with van der Waals surface area (Å²) in [5.41, 5.74) is -0.0881. The van der Waals surface area contributed by atoms with E-state index in [4.69, 9.17) is 5.11 Å². The summed E-state index contributed by atoms with van der Waals surface area (Å²) in [6, 6.07) is 2.34. The third-order valence-corrected chi connectivity index (χ3v) is 1.43. The second-order valence-electron chi connectivity index (χ2n) is 2.40. The number of aromatic nitrogens is 1. The lowest BCUT2D eigenvalue weighted by molar-refractivity contribution is 0.0519. The van der Waals surface area contributed by atoms with Crippen LogP contribution in [0, 0.1) is 6.20 Å². The molecule has 0 atom stereocenters. The van der Waals surface area contributed by atoms with Crippen molar-refractivity contribution in [2.75, 3.05) is 6.61 Å². The summed E-state index contributed by atoms with van der Waals surface area (Å²) in [6.45, 7) is 1.88. The quantitative estimate of drug-likeness (QED) is 0.718. The van der Waals surface area contributed by atoms with Crippen LogP contribution in [0.25, 0.3) is 0 Å².